The zero-order valence-corrected chi connectivity index (χ0v) is 14.0. The van der Waals surface area contributed by atoms with E-state index in [0.29, 0.717) is 24.5 Å². The molecule has 1 aromatic carbocycles. The van der Waals surface area contributed by atoms with E-state index in [4.69, 9.17) is 4.74 Å². The van der Waals surface area contributed by atoms with E-state index in [1.165, 1.54) is 0 Å². The predicted octanol–water partition coefficient (Wildman–Crippen LogP) is 1.25. The average Bonchev–Trinajstić information content (AvgIpc) is 2.78. The Bertz CT molecular complexity index is 649. The first-order valence-electron chi connectivity index (χ1n) is 7.83. The van der Waals surface area contributed by atoms with Gasteiger partial charge in [0.05, 0.1) is 18.8 Å². The number of carbonyl (C=O) groups excluding carboxylic acids is 3. The molecule has 0 bridgehead atoms. The zero-order valence-electron chi connectivity index (χ0n) is 14.0. The number of carbonyl (C=O) groups is 3. The van der Waals surface area contributed by atoms with Crippen LogP contribution in [-0.4, -0.2) is 41.5 Å². The third kappa shape index (κ3) is 3.58. The van der Waals surface area contributed by atoms with E-state index in [0.717, 1.165) is 5.01 Å². The molecule has 1 aliphatic rings. The Morgan fingerprint density at radius 2 is 2.00 bits per heavy atom. The van der Waals surface area contributed by atoms with E-state index in [-0.39, 0.29) is 6.54 Å². The van der Waals surface area contributed by atoms with Crippen molar-refractivity contribution in [3.63, 3.8) is 0 Å². The predicted molar refractivity (Wildman–Crippen MR) is 88.3 cm³/mol. The number of ether oxygens (including phenoxy) is 1. The Labute approximate surface area is 140 Å². The number of hydrazine groups is 1. The van der Waals surface area contributed by atoms with Gasteiger partial charge < -0.3 is 15.4 Å². The summed E-state index contributed by atoms with van der Waals surface area (Å²) in [6, 6.07) is 6.57. The largest absolute Gasteiger partial charge is 0.492 e. The van der Waals surface area contributed by atoms with Gasteiger partial charge in [0.15, 0.2) is 0 Å². The van der Waals surface area contributed by atoms with Gasteiger partial charge in [0, 0.05) is 0 Å². The van der Waals surface area contributed by atoms with Crippen LogP contribution in [0.5, 0.6) is 5.75 Å². The number of nitrogens with zero attached hydrogens (tertiary/aromatic N) is 1. The lowest BCUT2D eigenvalue weighted by Gasteiger charge is -2.19. The van der Waals surface area contributed by atoms with Crippen LogP contribution >= 0.6 is 0 Å². The maximum Gasteiger partial charge on any atom is 0.344 e. The second-order valence-corrected chi connectivity index (χ2v) is 5.57. The molecular formula is C16H22N4O4. The second-order valence-electron chi connectivity index (χ2n) is 5.57. The quantitative estimate of drug-likeness (QED) is 0.652. The molecule has 1 aliphatic heterocycles. The van der Waals surface area contributed by atoms with E-state index in [1.54, 1.807) is 26.0 Å². The zero-order chi connectivity index (χ0) is 17.7. The molecule has 8 nitrogen and oxygen atoms in total. The van der Waals surface area contributed by atoms with Gasteiger partial charge in [-0.15, -0.1) is 0 Å². The first kappa shape index (κ1) is 17.6. The maximum atomic E-state index is 12.2. The molecule has 1 aromatic rings. The first-order chi connectivity index (χ1) is 11.4. The summed E-state index contributed by atoms with van der Waals surface area (Å²) in [6.07, 6.45) is 0.434. The lowest BCUT2D eigenvalue weighted by atomic mass is 10.00. The number of imide groups is 1. The number of hydrogen-bond donors (Lipinski definition) is 3. The molecule has 8 heteroatoms. The molecule has 1 unspecified atom stereocenters. The minimum absolute atomic E-state index is 0.107. The first-order valence-corrected chi connectivity index (χ1v) is 7.83. The van der Waals surface area contributed by atoms with Crippen LogP contribution in [0.2, 0.25) is 0 Å². The molecule has 3 N–H and O–H groups in total. The van der Waals surface area contributed by atoms with Crippen molar-refractivity contribution in [3.8, 4) is 5.75 Å². The van der Waals surface area contributed by atoms with Crippen LogP contribution in [0, 0.1) is 0 Å². The number of para-hydroxylation sites is 2. The Kier molecular flexibility index (Phi) is 5.28. The maximum absolute atomic E-state index is 12.2. The van der Waals surface area contributed by atoms with Crippen LogP contribution < -0.4 is 20.8 Å². The number of hydrogen-bond acceptors (Lipinski definition) is 5. The van der Waals surface area contributed by atoms with Gasteiger partial charge in [-0.2, -0.15) is 5.01 Å². The highest BCUT2D eigenvalue weighted by molar-refractivity contribution is 6.07. The topological polar surface area (TPSA) is 99.8 Å². The Balaban J connectivity index is 1.95. The number of amides is 4. The lowest BCUT2D eigenvalue weighted by molar-refractivity contribution is -0.138. The van der Waals surface area contributed by atoms with Crippen molar-refractivity contribution in [3.05, 3.63) is 24.3 Å². The molecule has 0 radical (unpaired) electrons. The van der Waals surface area contributed by atoms with Crippen molar-refractivity contribution in [2.75, 3.05) is 18.5 Å². The molecule has 0 saturated carbocycles. The number of benzene rings is 1. The van der Waals surface area contributed by atoms with Gasteiger partial charge in [-0.05, 0) is 32.4 Å². The minimum Gasteiger partial charge on any atom is -0.492 e. The van der Waals surface area contributed by atoms with Crippen LogP contribution in [0.1, 0.15) is 27.2 Å². The summed E-state index contributed by atoms with van der Waals surface area (Å²) in [6.45, 7) is 5.67. The van der Waals surface area contributed by atoms with Crippen molar-refractivity contribution in [2.45, 2.75) is 32.7 Å². The summed E-state index contributed by atoms with van der Waals surface area (Å²) in [5, 5.41) is 6.22. The van der Waals surface area contributed by atoms with E-state index in [1.807, 2.05) is 19.1 Å². The molecule has 0 spiro atoms. The van der Waals surface area contributed by atoms with Gasteiger partial charge in [0.1, 0.15) is 11.3 Å². The number of nitrogens with one attached hydrogen (secondary N) is 3. The van der Waals surface area contributed by atoms with Crippen LogP contribution in [0.3, 0.4) is 0 Å². The fourth-order valence-corrected chi connectivity index (χ4v) is 2.26. The monoisotopic (exact) mass is 334 g/mol. The van der Waals surface area contributed by atoms with Crippen LogP contribution in [0.4, 0.5) is 10.5 Å². The molecule has 0 aromatic heterocycles. The molecule has 24 heavy (non-hydrogen) atoms. The normalized spacial score (nSPS) is 19.9. The van der Waals surface area contributed by atoms with Crippen molar-refractivity contribution >= 4 is 23.5 Å². The van der Waals surface area contributed by atoms with E-state index < -0.39 is 23.4 Å². The summed E-state index contributed by atoms with van der Waals surface area (Å²) in [5.74, 6) is -0.357. The van der Waals surface area contributed by atoms with Gasteiger partial charge >= 0.3 is 6.03 Å². The van der Waals surface area contributed by atoms with Gasteiger partial charge in [-0.25, -0.2) is 4.79 Å². The standard InChI is InChI=1S/C16H22N4O4/c1-4-16(3)14(22)20(15(23)18-16)19-13(21)10-17-11-8-6-7-9-12(11)24-5-2/h6-9,17H,4-5,10H2,1-3H3,(H,18,23)(H,19,21). The summed E-state index contributed by atoms with van der Waals surface area (Å²) < 4.78 is 5.46. The highest BCUT2D eigenvalue weighted by Crippen LogP contribution is 2.23. The number of urea groups is 1. The number of rotatable bonds is 7. The second kappa shape index (κ2) is 7.20. The SMILES string of the molecule is CCOc1ccccc1NCC(=O)NN1C(=O)NC(C)(CC)C1=O. The highest BCUT2D eigenvalue weighted by Gasteiger charge is 2.47. The van der Waals surface area contributed by atoms with Crippen molar-refractivity contribution in [1.82, 2.24) is 15.8 Å². The fourth-order valence-electron chi connectivity index (χ4n) is 2.26. The van der Waals surface area contributed by atoms with E-state index in [9.17, 15) is 14.4 Å². The van der Waals surface area contributed by atoms with Crippen LogP contribution in [0.15, 0.2) is 24.3 Å². The fraction of sp³-hybridized carbons (Fsp3) is 0.438. The highest BCUT2D eigenvalue weighted by atomic mass is 16.5. The summed E-state index contributed by atoms with van der Waals surface area (Å²) in [7, 11) is 0. The van der Waals surface area contributed by atoms with Crippen molar-refractivity contribution in [1.29, 1.82) is 0 Å². The smallest absolute Gasteiger partial charge is 0.344 e. The van der Waals surface area contributed by atoms with E-state index >= 15 is 0 Å². The molecule has 2 rings (SSSR count). The van der Waals surface area contributed by atoms with Crippen LogP contribution in [-0.2, 0) is 9.59 Å². The third-order valence-electron chi connectivity index (χ3n) is 3.83. The Morgan fingerprint density at radius 3 is 2.62 bits per heavy atom. The third-order valence-corrected chi connectivity index (χ3v) is 3.83. The van der Waals surface area contributed by atoms with Crippen molar-refractivity contribution in [2.24, 2.45) is 0 Å². The average molecular weight is 334 g/mol. The number of anilines is 1. The molecule has 1 fully saturated rings. The molecule has 1 saturated heterocycles. The summed E-state index contributed by atoms with van der Waals surface area (Å²) in [4.78, 5) is 36.1. The molecule has 1 atom stereocenters. The van der Waals surface area contributed by atoms with Gasteiger partial charge in [0.25, 0.3) is 11.8 Å². The lowest BCUT2D eigenvalue weighted by Crippen LogP contribution is -2.50. The Morgan fingerprint density at radius 1 is 1.29 bits per heavy atom. The van der Waals surface area contributed by atoms with Gasteiger partial charge in [0.2, 0.25) is 0 Å². The van der Waals surface area contributed by atoms with Crippen LogP contribution in [0.25, 0.3) is 0 Å². The molecule has 4 amide bonds. The van der Waals surface area contributed by atoms with Crippen molar-refractivity contribution < 1.29 is 19.1 Å². The Hall–Kier alpha value is -2.77. The molecule has 130 valence electrons. The van der Waals surface area contributed by atoms with E-state index in [2.05, 4.69) is 16.1 Å². The summed E-state index contributed by atoms with van der Waals surface area (Å²) >= 11 is 0. The molecule has 0 aliphatic carbocycles. The minimum atomic E-state index is -0.987. The van der Waals surface area contributed by atoms with Gasteiger partial charge in [-0.1, -0.05) is 19.1 Å². The summed E-state index contributed by atoms with van der Waals surface area (Å²) in [5.41, 5.74) is 1.99. The molecular weight excluding hydrogens is 312 g/mol. The van der Waals surface area contributed by atoms with Gasteiger partial charge in [-0.3, -0.25) is 15.0 Å². The molecule has 1 heterocycles.